The van der Waals surface area contributed by atoms with Crippen LogP contribution in [-0.2, 0) is 27.4 Å². The highest BCUT2D eigenvalue weighted by Crippen LogP contribution is 2.19. The van der Waals surface area contributed by atoms with Crippen LogP contribution in [0.2, 0.25) is 0 Å². The van der Waals surface area contributed by atoms with E-state index in [1.54, 1.807) is 36.4 Å². The van der Waals surface area contributed by atoms with Gasteiger partial charge >= 0.3 is 6.09 Å². The lowest BCUT2D eigenvalue weighted by atomic mass is 10.0. The summed E-state index contributed by atoms with van der Waals surface area (Å²) in [5.74, 6) is -1.84. The average Bonchev–Trinajstić information content (AvgIpc) is 2.76. The Balaban J connectivity index is 2.05. The smallest absolute Gasteiger partial charge is 0.408 e. The van der Waals surface area contributed by atoms with Crippen LogP contribution in [0.4, 0.5) is 10.5 Å². The number of amides is 3. The maximum atomic E-state index is 12.6. The molecule has 0 unspecified atom stereocenters. The number of hydrogen-bond acceptors (Lipinski definition) is 7. The number of carbonyl (C=O) groups excluding carboxylic acids is 3. The number of nitro benzene ring substituents is 1. The highest BCUT2D eigenvalue weighted by Gasteiger charge is 2.30. The van der Waals surface area contributed by atoms with Crippen molar-refractivity contribution in [3.05, 3.63) is 75.8 Å². The molecule has 2 aromatic rings. The Bertz CT molecular complexity index is 966. The van der Waals surface area contributed by atoms with Crippen LogP contribution in [0.5, 0.6) is 0 Å². The zero-order chi connectivity index (χ0) is 23.7. The predicted molar refractivity (Wildman–Crippen MR) is 113 cm³/mol. The van der Waals surface area contributed by atoms with Crippen LogP contribution in [-0.4, -0.2) is 46.1 Å². The zero-order valence-corrected chi connectivity index (χ0v) is 17.3. The number of rotatable bonds is 10. The summed E-state index contributed by atoms with van der Waals surface area (Å²) >= 11 is 0. The van der Waals surface area contributed by atoms with Gasteiger partial charge in [0, 0.05) is 18.1 Å². The molecule has 0 bridgehead atoms. The summed E-state index contributed by atoms with van der Waals surface area (Å²) < 4.78 is 5.04. The van der Waals surface area contributed by atoms with Crippen molar-refractivity contribution in [2.75, 3.05) is 0 Å². The molecule has 3 amide bonds. The van der Waals surface area contributed by atoms with E-state index in [-0.39, 0.29) is 24.3 Å². The largest absolute Gasteiger partial charge is 0.445 e. The number of alkyl carbamates (subject to hydrolysis) is 1. The van der Waals surface area contributed by atoms with Crippen LogP contribution in [0.3, 0.4) is 0 Å². The first-order valence-electron chi connectivity index (χ1n) is 9.66. The molecule has 3 atom stereocenters. The van der Waals surface area contributed by atoms with Gasteiger partial charge in [0.1, 0.15) is 18.7 Å². The van der Waals surface area contributed by atoms with Gasteiger partial charge in [-0.05, 0) is 12.5 Å². The fourth-order valence-corrected chi connectivity index (χ4v) is 2.86. The van der Waals surface area contributed by atoms with Crippen molar-refractivity contribution in [1.29, 1.82) is 0 Å². The number of nitro groups is 1. The Hall–Kier alpha value is -3.99. The van der Waals surface area contributed by atoms with Gasteiger partial charge in [0.05, 0.1) is 11.0 Å². The molecule has 0 saturated carbocycles. The van der Waals surface area contributed by atoms with Gasteiger partial charge in [-0.3, -0.25) is 19.7 Å². The third-order valence-corrected chi connectivity index (χ3v) is 4.52. The molecule has 11 nitrogen and oxygen atoms in total. The number of nitrogens with one attached hydrogen (secondary N) is 2. The minimum Gasteiger partial charge on any atom is -0.445 e. The van der Waals surface area contributed by atoms with Gasteiger partial charge in [0.15, 0.2) is 0 Å². The number of nitrogens with two attached hydrogens (primary N) is 1. The zero-order valence-electron chi connectivity index (χ0n) is 17.3. The van der Waals surface area contributed by atoms with Crippen LogP contribution >= 0.6 is 0 Å². The van der Waals surface area contributed by atoms with E-state index in [9.17, 15) is 29.6 Å². The summed E-state index contributed by atoms with van der Waals surface area (Å²) in [6, 6.07) is 11.8. The molecule has 0 aliphatic carbocycles. The first-order chi connectivity index (χ1) is 15.2. The minimum absolute atomic E-state index is 0.0532. The summed E-state index contributed by atoms with van der Waals surface area (Å²) in [7, 11) is 0. The van der Waals surface area contributed by atoms with Crippen molar-refractivity contribution in [2.45, 2.75) is 38.1 Å². The molecule has 2 aromatic carbocycles. The van der Waals surface area contributed by atoms with E-state index in [4.69, 9.17) is 10.5 Å². The molecule has 0 aliphatic rings. The molecule has 0 spiro atoms. The van der Waals surface area contributed by atoms with Gasteiger partial charge in [-0.25, -0.2) is 4.79 Å². The van der Waals surface area contributed by atoms with Gasteiger partial charge < -0.3 is 26.2 Å². The van der Waals surface area contributed by atoms with E-state index in [0.717, 1.165) is 5.56 Å². The van der Waals surface area contributed by atoms with E-state index in [1.807, 2.05) is 0 Å². The van der Waals surface area contributed by atoms with E-state index < -0.39 is 41.0 Å². The molecule has 0 radical (unpaired) electrons. The van der Waals surface area contributed by atoms with Gasteiger partial charge in [-0.15, -0.1) is 0 Å². The number of ether oxygens (including phenoxy) is 1. The Morgan fingerprint density at radius 1 is 1.09 bits per heavy atom. The monoisotopic (exact) mass is 444 g/mol. The Morgan fingerprint density at radius 2 is 1.72 bits per heavy atom. The normalized spacial score (nSPS) is 13.3. The molecular weight excluding hydrogens is 420 g/mol. The summed E-state index contributed by atoms with van der Waals surface area (Å²) in [4.78, 5) is 47.1. The van der Waals surface area contributed by atoms with Crippen LogP contribution in [0.25, 0.3) is 0 Å². The Kier molecular flexibility index (Phi) is 8.66. The fourth-order valence-electron chi connectivity index (χ4n) is 2.86. The molecule has 0 aliphatic heterocycles. The van der Waals surface area contributed by atoms with Crippen molar-refractivity contribution in [3.8, 4) is 0 Å². The van der Waals surface area contributed by atoms with Gasteiger partial charge in [-0.1, -0.05) is 48.5 Å². The van der Waals surface area contributed by atoms with Crippen LogP contribution in [0.1, 0.15) is 18.1 Å². The number of primary amides is 1. The highest BCUT2D eigenvalue weighted by atomic mass is 16.6. The summed E-state index contributed by atoms with van der Waals surface area (Å²) in [6.07, 6.45) is -2.54. The second-order valence-corrected chi connectivity index (χ2v) is 6.98. The maximum Gasteiger partial charge on any atom is 0.408 e. The van der Waals surface area contributed by atoms with Crippen molar-refractivity contribution in [2.24, 2.45) is 5.73 Å². The number of aliphatic hydroxyl groups excluding tert-OH is 1. The van der Waals surface area contributed by atoms with Crippen LogP contribution < -0.4 is 16.4 Å². The fraction of sp³-hybridized carbons (Fsp3) is 0.286. The molecule has 32 heavy (non-hydrogen) atoms. The number of nitrogens with zero attached hydrogens (tertiary/aromatic N) is 1. The quantitative estimate of drug-likeness (QED) is 0.309. The molecule has 0 heterocycles. The second-order valence-electron chi connectivity index (χ2n) is 6.98. The first-order valence-corrected chi connectivity index (χ1v) is 9.66. The first kappa shape index (κ1) is 24.3. The van der Waals surface area contributed by atoms with Crippen molar-refractivity contribution < 1.29 is 29.2 Å². The van der Waals surface area contributed by atoms with E-state index in [2.05, 4.69) is 10.6 Å². The van der Waals surface area contributed by atoms with Crippen molar-refractivity contribution >= 4 is 23.6 Å². The summed E-state index contributed by atoms with van der Waals surface area (Å²) in [5, 5.41) is 25.7. The molecule has 0 aromatic heterocycles. The summed E-state index contributed by atoms with van der Waals surface area (Å²) in [5.41, 5.74) is 6.02. The topological polar surface area (TPSA) is 174 Å². The van der Waals surface area contributed by atoms with E-state index >= 15 is 0 Å². The van der Waals surface area contributed by atoms with Crippen molar-refractivity contribution in [3.63, 3.8) is 0 Å². The van der Waals surface area contributed by atoms with Crippen LogP contribution in [0.15, 0.2) is 54.6 Å². The third-order valence-electron chi connectivity index (χ3n) is 4.52. The minimum atomic E-state index is -1.45. The molecule has 5 N–H and O–H groups in total. The number of hydrogen-bond donors (Lipinski definition) is 4. The maximum absolute atomic E-state index is 12.6. The van der Waals surface area contributed by atoms with Crippen molar-refractivity contribution in [1.82, 2.24) is 10.6 Å². The van der Waals surface area contributed by atoms with E-state index in [0.29, 0.717) is 0 Å². The van der Waals surface area contributed by atoms with Gasteiger partial charge in [-0.2, -0.15) is 0 Å². The standard InChI is InChI=1S/C21H24N4O7/c1-13(26)18(24-21(29)32-12-14-7-3-2-4-8-14)20(28)23-16(19(22)27)11-15-9-5-6-10-17(15)25(30)31/h2-10,13,16,18,26H,11-12H2,1H3,(H2,22,27)(H,23,28)(H,24,29)/t13-,16+,18+/m1/s1. The average molecular weight is 444 g/mol. The molecule has 0 saturated heterocycles. The molecular formula is C21H24N4O7. The van der Waals surface area contributed by atoms with Gasteiger partial charge in [0.25, 0.3) is 5.69 Å². The highest BCUT2D eigenvalue weighted by molar-refractivity contribution is 5.91. The number of carbonyl (C=O) groups is 3. The molecule has 11 heteroatoms. The Morgan fingerprint density at radius 3 is 2.31 bits per heavy atom. The Labute approximate surface area is 183 Å². The molecule has 170 valence electrons. The summed E-state index contributed by atoms with van der Waals surface area (Å²) in [6.45, 7) is 1.21. The third kappa shape index (κ3) is 7.06. The van der Waals surface area contributed by atoms with Gasteiger partial charge in [0.2, 0.25) is 11.8 Å². The van der Waals surface area contributed by atoms with Crippen LogP contribution in [0, 0.1) is 10.1 Å². The lowest BCUT2D eigenvalue weighted by Crippen LogP contribution is -2.57. The lowest BCUT2D eigenvalue weighted by molar-refractivity contribution is -0.385. The van der Waals surface area contributed by atoms with E-state index in [1.165, 1.54) is 25.1 Å². The molecule has 2 rings (SSSR count). The SMILES string of the molecule is C[C@@H](O)[C@H](NC(=O)OCc1ccccc1)C(=O)N[C@@H](Cc1ccccc1[N+](=O)[O-])C(N)=O. The number of para-hydroxylation sites is 1. The lowest BCUT2D eigenvalue weighted by Gasteiger charge is -2.23. The predicted octanol–water partition coefficient (Wildman–Crippen LogP) is 0.783. The number of benzene rings is 2. The molecule has 0 fully saturated rings. The number of aliphatic hydroxyl groups is 1. The second kappa shape index (κ2) is 11.4.